The van der Waals surface area contributed by atoms with E-state index in [1.54, 1.807) is 6.08 Å². The Morgan fingerprint density at radius 2 is 2.58 bits per heavy atom. The Kier molecular flexibility index (Phi) is 2.85. The highest BCUT2D eigenvalue weighted by molar-refractivity contribution is 5.90. The molecule has 1 heterocycles. The molecule has 4 nitrogen and oxygen atoms in total. The summed E-state index contributed by atoms with van der Waals surface area (Å²) in [6.07, 6.45) is 4.47. The van der Waals surface area contributed by atoms with Crippen LogP contribution in [0.2, 0.25) is 0 Å². The van der Waals surface area contributed by atoms with E-state index >= 15 is 0 Å². The predicted molar refractivity (Wildman–Crippen MR) is 44.2 cm³/mol. The lowest BCUT2D eigenvalue weighted by molar-refractivity contribution is -0.138. The van der Waals surface area contributed by atoms with E-state index in [-0.39, 0.29) is 0 Å². The zero-order valence-electron chi connectivity index (χ0n) is 6.86. The number of rotatable bonds is 2. The fourth-order valence-electron chi connectivity index (χ4n) is 0.790. The number of aliphatic carboxylic acids is 1. The van der Waals surface area contributed by atoms with Crippen LogP contribution in [0, 0.1) is 0 Å². The van der Waals surface area contributed by atoms with Gasteiger partial charge >= 0.3 is 5.97 Å². The first-order valence-electron chi connectivity index (χ1n) is 3.80. The molecule has 1 aliphatic heterocycles. The van der Waals surface area contributed by atoms with E-state index in [4.69, 9.17) is 9.84 Å². The van der Waals surface area contributed by atoms with Crippen LogP contribution in [-0.2, 0) is 9.53 Å². The summed E-state index contributed by atoms with van der Waals surface area (Å²) in [7, 11) is 0. The van der Waals surface area contributed by atoms with Gasteiger partial charge in [0.25, 0.3) is 0 Å². The van der Waals surface area contributed by atoms with E-state index in [1.807, 2.05) is 6.08 Å². The van der Waals surface area contributed by atoms with Gasteiger partial charge in [-0.15, -0.1) is 0 Å². The molecule has 12 heavy (non-hydrogen) atoms. The van der Waals surface area contributed by atoms with Crippen molar-refractivity contribution in [2.45, 2.75) is 19.4 Å². The molecule has 0 amide bonds. The number of carbonyl (C=O) groups is 1. The Labute approximate surface area is 70.6 Å². The zero-order chi connectivity index (χ0) is 8.97. The Balaban J connectivity index is 2.60. The van der Waals surface area contributed by atoms with Gasteiger partial charge in [0.05, 0.1) is 6.61 Å². The largest absolute Gasteiger partial charge is 0.480 e. The Bertz CT molecular complexity index is 232. The number of nitrogens with zero attached hydrogens (tertiary/aromatic N) is 1. The van der Waals surface area contributed by atoms with Gasteiger partial charge in [0, 0.05) is 0 Å². The quantitative estimate of drug-likeness (QED) is 0.666. The van der Waals surface area contributed by atoms with Crippen LogP contribution < -0.4 is 0 Å². The molecule has 0 aromatic rings. The first-order chi connectivity index (χ1) is 5.70. The summed E-state index contributed by atoms with van der Waals surface area (Å²) in [5, 5.41) is 8.53. The maximum Gasteiger partial charge on any atom is 0.328 e. The predicted octanol–water partition coefficient (Wildman–Crippen LogP) is 0.835. The lowest BCUT2D eigenvalue weighted by Crippen LogP contribution is -2.17. The summed E-state index contributed by atoms with van der Waals surface area (Å²) < 4.78 is 5.10. The molecule has 1 rings (SSSR count). The van der Waals surface area contributed by atoms with Crippen molar-refractivity contribution < 1.29 is 14.6 Å². The second-order valence-corrected chi connectivity index (χ2v) is 2.52. The Hall–Kier alpha value is -1.32. The lowest BCUT2D eigenvalue weighted by Gasteiger charge is -2.09. The SMILES string of the molecule is C[C@H](N=C1C=CCCO1)C(=O)O. The third-order valence-corrected chi connectivity index (χ3v) is 1.47. The van der Waals surface area contributed by atoms with Gasteiger partial charge in [-0.05, 0) is 19.4 Å². The van der Waals surface area contributed by atoms with Crippen molar-refractivity contribution in [3.8, 4) is 0 Å². The Morgan fingerprint density at radius 1 is 1.83 bits per heavy atom. The molecule has 66 valence electrons. The van der Waals surface area contributed by atoms with Gasteiger partial charge < -0.3 is 9.84 Å². The zero-order valence-corrected chi connectivity index (χ0v) is 6.86. The van der Waals surface area contributed by atoms with Crippen LogP contribution in [0.15, 0.2) is 17.1 Å². The topological polar surface area (TPSA) is 58.9 Å². The summed E-state index contributed by atoms with van der Waals surface area (Å²) in [6.45, 7) is 2.10. The van der Waals surface area contributed by atoms with Crippen molar-refractivity contribution in [3.63, 3.8) is 0 Å². The third-order valence-electron chi connectivity index (χ3n) is 1.47. The minimum atomic E-state index is -0.940. The molecule has 0 unspecified atom stereocenters. The van der Waals surface area contributed by atoms with Crippen molar-refractivity contribution in [1.82, 2.24) is 0 Å². The number of hydrogen-bond acceptors (Lipinski definition) is 3. The third kappa shape index (κ3) is 2.38. The molecule has 0 aliphatic carbocycles. The fourth-order valence-corrected chi connectivity index (χ4v) is 0.790. The van der Waals surface area contributed by atoms with Crippen LogP contribution in [0.4, 0.5) is 0 Å². The van der Waals surface area contributed by atoms with Crippen LogP contribution in [0.5, 0.6) is 0 Å². The molecule has 0 aromatic carbocycles. The summed E-state index contributed by atoms with van der Waals surface area (Å²) in [5.41, 5.74) is 0. The molecule has 4 heteroatoms. The minimum absolute atomic E-state index is 0.413. The normalized spacial score (nSPS) is 21.9. The maximum atomic E-state index is 10.4. The van der Waals surface area contributed by atoms with Gasteiger partial charge in [-0.1, -0.05) is 6.08 Å². The molecule has 1 aliphatic rings. The van der Waals surface area contributed by atoms with Crippen molar-refractivity contribution >= 4 is 11.9 Å². The molecule has 0 bridgehead atoms. The molecule has 0 radical (unpaired) electrons. The fraction of sp³-hybridized carbons (Fsp3) is 0.500. The second kappa shape index (κ2) is 3.90. The van der Waals surface area contributed by atoms with Crippen LogP contribution >= 0.6 is 0 Å². The molecule has 0 spiro atoms. The van der Waals surface area contributed by atoms with Gasteiger partial charge in [0.15, 0.2) is 0 Å². The highest BCUT2D eigenvalue weighted by Gasteiger charge is 2.10. The van der Waals surface area contributed by atoms with E-state index < -0.39 is 12.0 Å². The van der Waals surface area contributed by atoms with Crippen molar-refractivity contribution in [2.75, 3.05) is 6.61 Å². The Morgan fingerprint density at radius 3 is 3.08 bits per heavy atom. The molecule has 0 saturated carbocycles. The van der Waals surface area contributed by atoms with Gasteiger partial charge in [-0.2, -0.15) is 0 Å². The van der Waals surface area contributed by atoms with Crippen molar-refractivity contribution in [2.24, 2.45) is 4.99 Å². The van der Waals surface area contributed by atoms with Crippen LogP contribution in [0.1, 0.15) is 13.3 Å². The number of ether oxygens (including phenoxy) is 1. The number of hydrogen-bond donors (Lipinski definition) is 1. The average Bonchev–Trinajstić information content (AvgIpc) is 2.06. The first kappa shape index (κ1) is 8.77. The summed E-state index contributed by atoms with van der Waals surface area (Å²) >= 11 is 0. The minimum Gasteiger partial charge on any atom is -0.480 e. The van der Waals surface area contributed by atoms with Gasteiger partial charge in [0.1, 0.15) is 6.04 Å². The molecule has 1 atom stereocenters. The monoisotopic (exact) mass is 169 g/mol. The van der Waals surface area contributed by atoms with Crippen molar-refractivity contribution in [3.05, 3.63) is 12.2 Å². The smallest absolute Gasteiger partial charge is 0.328 e. The highest BCUT2D eigenvalue weighted by atomic mass is 16.5. The van der Waals surface area contributed by atoms with E-state index in [0.717, 1.165) is 6.42 Å². The number of carboxylic acid groups (broad SMARTS) is 1. The van der Waals surface area contributed by atoms with E-state index in [1.165, 1.54) is 6.92 Å². The van der Waals surface area contributed by atoms with E-state index in [0.29, 0.717) is 12.5 Å². The summed E-state index contributed by atoms with van der Waals surface area (Å²) in [5.74, 6) is -0.527. The van der Waals surface area contributed by atoms with E-state index in [2.05, 4.69) is 4.99 Å². The van der Waals surface area contributed by atoms with Gasteiger partial charge in [-0.25, -0.2) is 9.79 Å². The lowest BCUT2D eigenvalue weighted by atomic mass is 10.3. The van der Waals surface area contributed by atoms with Crippen molar-refractivity contribution in [1.29, 1.82) is 0 Å². The molecule has 0 fully saturated rings. The van der Waals surface area contributed by atoms with Crippen LogP contribution in [0.3, 0.4) is 0 Å². The molecule has 0 saturated heterocycles. The molecule has 0 aromatic heterocycles. The van der Waals surface area contributed by atoms with Crippen LogP contribution in [-0.4, -0.2) is 29.6 Å². The summed E-state index contributed by atoms with van der Waals surface area (Å²) in [4.78, 5) is 14.2. The van der Waals surface area contributed by atoms with Crippen LogP contribution in [0.25, 0.3) is 0 Å². The average molecular weight is 169 g/mol. The molecular weight excluding hydrogens is 158 g/mol. The van der Waals surface area contributed by atoms with E-state index in [9.17, 15) is 4.79 Å². The standard InChI is InChI=1S/C8H11NO3/c1-6(8(10)11)9-7-4-2-3-5-12-7/h2,4,6H,3,5H2,1H3,(H,10,11)/t6-/m0/s1. The first-order valence-corrected chi connectivity index (χ1v) is 3.80. The molecule has 1 N–H and O–H groups in total. The molecular formula is C8H11NO3. The number of aliphatic imine (C=N–C) groups is 1. The highest BCUT2D eigenvalue weighted by Crippen LogP contribution is 2.01. The maximum absolute atomic E-state index is 10.4. The number of carboxylic acids is 1. The van der Waals surface area contributed by atoms with Gasteiger partial charge in [0.2, 0.25) is 5.90 Å². The van der Waals surface area contributed by atoms with Gasteiger partial charge in [-0.3, -0.25) is 0 Å². The second-order valence-electron chi connectivity index (χ2n) is 2.52. The summed E-state index contributed by atoms with van der Waals surface area (Å²) in [6, 6.07) is -0.734.